The summed E-state index contributed by atoms with van der Waals surface area (Å²) < 4.78 is 29.4. The zero-order valence-corrected chi connectivity index (χ0v) is 13.0. The number of nitrogens with zero attached hydrogens (tertiary/aromatic N) is 5. The van der Waals surface area contributed by atoms with Crippen LogP contribution >= 0.6 is 0 Å². The quantitative estimate of drug-likeness (QED) is 0.689. The van der Waals surface area contributed by atoms with Gasteiger partial charge in [0.1, 0.15) is 22.5 Å². The fourth-order valence-electron chi connectivity index (χ4n) is 2.70. The van der Waals surface area contributed by atoms with E-state index in [1.165, 1.54) is 20.0 Å². The lowest BCUT2D eigenvalue weighted by Gasteiger charge is -2.35. The summed E-state index contributed by atoms with van der Waals surface area (Å²) in [5.41, 5.74) is -0.180. The van der Waals surface area contributed by atoms with Crippen molar-refractivity contribution in [2.45, 2.75) is 25.3 Å². The molecule has 1 aliphatic rings. The van der Waals surface area contributed by atoms with Crippen molar-refractivity contribution in [3.63, 3.8) is 0 Å². The molecule has 0 atom stereocenters. The molecule has 0 amide bonds. The molecule has 24 heavy (non-hydrogen) atoms. The van der Waals surface area contributed by atoms with Crippen molar-refractivity contribution in [3.05, 3.63) is 59.7 Å². The summed E-state index contributed by atoms with van der Waals surface area (Å²) in [6.45, 7) is 2.75. The zero-order chi connectivity index (χ0) is 16.9. The fraction of sp³-hybridized carbons (Fsp3) is 0.235. The minimum atomic E-state index is -3.18. The molecule has 3 aromatic rings. The number of pyridine rings is 1. The summed E-state index contributed by atoms with van der Waals surface area (Å²) in [5, 5.41) is 8.19. The van der Waals surface area contributed by atoms with Crippen LogP contribution in [0.5, 0.6) is 0 Å². The number of benzene rings is 1. The molecule has 1 aromatic carbocycles. The van der Waals surface area contributed by atoms with E-state index in [9.17, 15) is 8.78 Å². The van der Waals surface area contributed by atoms with Gasteiger partial charge in [-0.05, 0) is 38.1 Å². The van der Waals surface area contributed by atoms with E-state index >= 15 is 0 Å². The maximum absolute atomic E-state index is 14.7. The highest BCUT2D eigenvalue weighted by molar-refractivity contribution is 6.12. The molecular weight excluding hydrogens is 312 g/mol. The molecular formula is C17H13F2N5. The first-order valence-corrected chi connectivity index (χ1v) is 7.43. The second kappa shape index (κ2) is 4.83. The lowest BCUT2D eigenvalue weighted by Crippen LogP contribution is -2.45. The van der Waals surface area contributed by atoms with Crippen LogP contribution in [0.25, 0.3) is 11.0 Å². The molecule has 3 heterocycles. The van der Waals surface area contributed by atoms with E-state index in [1.54, 1.807) is 24.3 Å². The molecule has 0 saturated heterocycles. The Morgan fingerprint density at radius 3 is 2.46 bits per heavy atom. The first kappa shape index (κ1) is 14.7. The van der Waals surface area contributed by atoms with Crippen LogP contribution in [-0.2, 0) is 5.92 Å². The Bertz CT molecular complexity index is 981. The SMILES string of the molecule is CC1(C)N=C(c2nnc3ccccc3n2)c2cccnc2C1(F)F. The largest absolute Gasteiger partial charge is 0.314 e. The summed E-state index contributed by atoms with van der Waals surface area (Å²) in [6, 6.07) is 10.4. The van der Waals surface area contributed by atoms with E-state index in [1.807, 2.05) is 12.1 Å². The Labute approximate surface area is 136 Å². The van der Waals surface area contributed by atoms with E-state index in [4.69, 9.17) is 0 Å². The molecule has 0 unspecified atom stereocenters. The standard InChI is InChI=1S/C17H13F2N5/c1-16(2)17(18,19)14-10(6-5-9-20-14)13(22-16)15-21-11-7-3-4-8-12(11)23-24-15/h3-9H,1-2H3. The van der Waals surface area contributed by atoms with Crippen molar-refractivity contribution in [3.8, 4) is 0 Å². The summed E-state index contributed by atoms with van der Waals surface area (Å²) in [7, 11) is 0. The Morgan fingerprint density at radius 1 is 0.917 bits per heavy atom. The molecule has 7 heteroatoms. The predicted molar refractivity (Wildman–Crippen MR) is 85.2 cm³/mol. The summed E-state index contributed by atoms with van der Waals surface area (Å²) in [5.74, 6) is -2.97. The van der Waals surface area contributed by atoms with E-state index in [0.717, 1.165) is 0 Å². The number of aliphatic imine (C=N–C) groups is 1. The lowest BCUT2D eigenvalue weighted by atomic mass is 9.86. The second-order valence-electron chi connectivity index (χ2n) is 6.12. The molecule has 0 aliphatic carbocycles. The highest BCUT2D eigenvalue weighted by Crippen LogP contribution is 2.45. The van der Waals surface area contributed by atoms with Crippen molar-refractivity contribution in [1.82, 2.24) is 20.2 Å². The van der Waals surface area contributed by atoms with Gasteiger partial charge in [0.15, 0.2) is 0 Å². The molecule has 4 rings (SSSR count). The number of rotatable bonds is 1. The maximum Gasteiger partial charge on any atom is 0.314 e. The van der Waals surface area contributed by atoms with Crippen LogP contribution in [0, 0.1) is 0 Å². The van der Waals surface area contributed by atoms with E-state index in [-0.39, 0.29) is 22.8 Å². The Hall–Kier alpha value is -2.83. The van der Waals surface area contributed by atoms with E-state index in [2.05, 4.69) is 25.2 Å². The smallest absolute Gasteiger partial charge is 0.268 e. The molecule has 1 aliphatic heterocycles. The lowest BCUT2D eigenvalue weighted by molar-refractivity contribution is -0.0721. The number of alkyl halides is 2. The van der Waals surface area contributed by atoms with Gasteiger partial charge in [-0.25, -0.2) is 4.98 Å². The predicted octanol–water partition coefficient (Wildman–Crippen LogP) is 3.14. The van der Waals surface area contributed by atoms with Crippen molar-refractivity contribution in [2.75, 3.05) is 0 Å². The van der Waals surface area contributed by atoms with Gasteiger partial charge in [-0.15, -0.1) is 10.2 Å². The first-order chi connectivity index (χ1) is 11.4. The van der Waals surface area contributed by atoms with Crippen molar-refractivity contribution >= 4 is 16.7 Å². The average Bonchev–Trinajstić information content (AvgIpc) is 2.58. The molecule has 0 radical (unpaired) electrons. The van der Waals surface area contributed by atoms with Gasteiger partial charge >= 0.3 is 5.92 Å². The molecule has 0 bridgehead atoms. The zero-order valence-electron chi connectivity index (χ0n) is 13.0. The molecule has 2 aromatic heterocycles. The fourth-order valence-corrected chi connectivity index (χ4v) is 2.70. The number of hydrogen-bond acceptors (Lipinski definition) is 5. The highest BCUT2D eigenvalue weighted by Gasteiger charge is 2.54. The summed E-state index contributed by atoms with van der Waals surface area (Å²) in [6.07, 6.45) is 1.35. The monoisotopic (exact) mass is 325 g/mol. The number of halogens is 2. The van der Waals surface area contributed by atoms with Gasteiger partial charge in [0, 0.05) is 11.8 Å². The third-order valence-corrected chi connectivity index (χ3v) is 4.09. The molecule has 120 valence electrons. The van der Waals surface area contributed by atoms with Gasteiger partial charge in [-0.2, -0.15) is 8.78 Å². The van der Waals surface area contributed by atoms with Crippen molar-refractivity contribution in [2.24, 2.45) is 4.99 Å². The van der Waals surface area contributed by atoms with Gasteiger partial charge in [0.05, 0.1) is 5.52 Å². The summed E-state index contributed by atoms with van der Waals surface area (Å²) >= 11 is 0. The number of aromatic nitrogens is 4. The molecule has 0 fully saturated rings. The first-order valence-electron chi connectivity index (χ1n) is 7.43. The number of para-hydroxylation sites is 1. The van der Waals surface area contributed by atoms with Gasteiger partial charge in [0.25, 0.3) is 0 Å². The topological polar surface area (TPSA) is 63.9 Å². The van der Waals surface area contributed by atoms with Crippen LogP contribution in [0.1, 0.15) is 30.9 Å². The van der Waals surface area contributed by atoms with Gasteiger partial charge < -0.3 is 0 Å². The Balaban J connectivity index is 1.98. The van der Waals surface area contributed by atoms with Gasteiger partial charge in [-0.3, -0.25) is 9.98 Å². The maximum atomic E-state index is 14.7. The van der Waals surface area contributed by atoms with E-state index in [0.29, 0.717) is 11.0 Å². The van der Waals surface area contributed by atoms with Crippen LogP contribution in [0.2, 0.25) is 0 Å². The Morgan fingerprint density at radius 2 is 1.67 bits per heavy atom. The van der Waals surface area contributed by atoms with Crippen molar-refractivity contribution < 1.29 is 8.78 Å². The minimum absolute atomic E-state index is 0.214. The average molecular weight is 325 g/mol. The summed E-state index contributed by atoms with van der Waals surface area (Å²) in [4.78, 5) is 12.6. The second-order valence-corrected chi connectivity index (χ2v) is 6.12. The molecule has 0 spiro atoms. The van der Waals surface area contributed by atoms with Crippen LogP contribution in [0.15, 0.2) is 47.6 Å². The Kier molecular flexibility index (Phi) is 2.97. The highest BCUT2D eigenvalue weighted by atomic mass is 19.3. The minimum Gasteiger partial charge on any atom is -0.268 e. The van der Waals surface area contributed by atoms with Crippen LogP contribution in [0.4, 0.5) is 8.78 Å². The van der Waals surface area contributed by atoms with Crippen LogP contribution < -0.4 is 0 Å². The molecule has 5 nitrogen and oxygen atoms in total. The van der Waals surface area contributed by atoms with Gasteiger partial charge in [0.2, 0.25) is 5.82 Å². The molecule has 0 saturated carbocycles. The third kappa shape index (κ3) is 2.01. The van der Waals surface area contributed by atoms with Crippen molar-refractivity contribution in [1.29, 1.82) is 0 Å². The normalized spacial score (nSPS) is 18.1. The van der Waals surface area contributed by atoms with Crippen LogP contribution in [0.3, 0.4) is 0 Å². The van der Waals surface area contributed by atoms with Crippen LogP contribution in [-0.4, -0.2) is 31.4 Å². The number of fused-ring (bicyclic) bond motifs is 2. The third-order valence-electron chi connectivity index (χ3n) is 4.09. The van der Waals surface area contributed by atoms with E-state index < -0.39 is 11.5 Å². The molecule has 0 N–H and O–H groups in total. The van der Waals surface area contributed by atoms with Gasteiger partial charge in [-0.1, -0.05) is 12.1 Å². The number of hydrogen-bond donors (Lipinski definition) is 0.